The minimum Gasteiger partial charge on any atom is -0.360 e. The SMILES string of the molecule is C=CC(/C(C)=C/C(=C/C(=C)NC(=C)C)C(=C\C)/C(=C)C)=C(C)\C=C/C. The average Bonchev–Trinajstić information content (AvgIpc) is 2.47. The minimum atomic E-state index is 0.793. The molecule has 0 unspecified atom stereocenters. The van der Waals surface area contributed by atoms with Crippen molar-refractivity contribution in [3.8, 4) is 0 Å². The highest BCUT2D eigenvalue weighted by Crippen LogP contribution is 2.25. The van der Waals surface area contributed by atoms with Gasteiger partial charge < -0.3 is 5.32 Å². The van der Waals surface area contributed by atoms with Crippen LogP contribution < -0.4 is 5.32 Å². The molecule has 0 fully saturated rings. The van der Waals surface area contributed by atoms with Gasteiger partial charge in [-0.05, 0) is 75.5 Å². The number of hydrogen-bond donors (Lipinski definition) is 1. The molecule has 0 saturated carbocycles. The Hall–Kier alpha value is -2.54. The molecule has 0 aliphatic rings. The molecular formula is C24H33N. The van der Waals surface area contributed by atoms with Crippen LogP contribution in [0.4, 0.5) is 0 Å². The minimum absolute atomic E-state index is 0.793. The first-order chi connectivity index (χ1) is 11.7. The second-order valence-electron chi connectivity index (χ2n) is 6.14. The van der Waals surface area contributed by atoms with Gasteiger partial charge in [0.15, 0.2) is 0 Å². The van der Waals surface area contributed by atoms with Crippen LogP contribution in [0.3, 0.4) is 0 Å². The molecule has 0 aromatic rings. The predicted octanol–water partition coefficient (Wildman–Crippen LogP) is 7.10. The largest absolute Gasteiger partial charge is 0.360 e. The Bertz CT molecular complexity index is 700. The van der Waals surface area contributed by atoms with Crippen LogP contribution in [0.5, 0.6) is 0 Å². The Morgan fingerprint density at radius 3 is 1.92 bits per heavy atom. The first-order valence-electron chi connectivity index (χ1n) is 8.48. The third-order valence-corrected chi connectivity index (χ3v) is 3.61. The lowest BCUT2D eigenvalue weighted by Gasteiger charge is -2.14. The number of nitrogens with one attached hydrogen (secondary N) is 1. The van der Waals surface area contributed by atoms with Crippen LogP contribution >= 0.6 is 0 Å². The Morgan fingerprint density at radius 1 is 0.920 bits per heavy atom. The molecule has 0 aliphatic heterocycles. The summed E-state index contributed by atoms with van der Waals surface area (Å²) in [5.41, 5.74) is 8.25. The molecule has 25 heavy (non-hydrogen) atoms. The normalized spacial score (nSPS) is 14.2. The Kier molecular flexibility index (Phi) is 9.96. The molecule has 1 nitrogen and oxygen atoms in total. The fourth-order valence-corrected chi connectivity index (χ4v) is 2.64. The molecule has 0 amide bonds. The van der Waals surface area contributed by atoms with Gasteiger partial charge in [-0.1, -0.05) is 62.3 Å². The molecule has 0 aromatic carbocycles. The van der Waals surface area contributed by atoms with Crippen molar-refractivity contribution in [1.82, 2.24) is 5.32 Å². The maximum absolute atomic E-state index is 4.10. The lowest BCUT2D eigenvalue weighted by molar-refractivity contribution is 1.01. The van der Waals surface area contributed by atoms with Crippen molar-refractivity contribution < 1.29 is 0 Å². The summed E-state index contributed by atoms with van der Waals surface area (Å²) in [6, 6.07) is 0. The molecule has 1 heteroatoms. The molecule has 0 bridgehead atoms. The van der Waals surface area contributed by atoms with Gasteiger partial charge in [-0.15, -0.1) is 0 Å². The molecule has 0 atom stereocenters. The third-order valence-electron chi connectivity index (χ3n) is 3.61. The lowest BCUT2D eigenvalue weighted by Crippen LogP contribution is -2.07. The smallest absolute Gasteiger partial charge is 0.0314 e. The topological polar surface area (TPSA) is 12.0 Å². The van der Waals surface area contributed by atoms with Crippen LogP contribution in [-0.4, -0.2) is 0 Å². The molecule has 0 saturated heterocycles. The van der Waals surface area contributed by atoms with Crippen molar-refractivity contribution >= 4 is 0 Å². The van der Waals surface area contributed by atoms with Crippen LogP contribution in [0.25, 0.3) is 0 Å². The van der Waals surface area contributed by atoms with Crippen LogP contribution in [0.1, 0.15) is 41.5 Å². The molecule has 0 radical (unpaired) electrons. The Labute approximate surface area is 154 Å². The Balaban J connectivity index is 6.26. The van der Waals surface area contributed by atoms with Crippen molar-refractivity contribution in [2.45, 2.75) is 41.5 Å². The summed E-state index contributed by atoms with van der Waals surface area (Å²) in [5, 5.41) is 3.16. The van der Waals surface area contributed by atoms with Crippen LogP contribution in [-0.2, 0) is 0 Å². The van der Waals surface area contributed by atoms with Crippen molar-refractivity contribution in [2.75, 3.05) is 0 Å². The van der Waals surface area contributed by atoms with Crippen molar-refractivity contribution in [2.24, 2.45) is 0 Å². The summed E-state index contributed by atoms with van der Waals surface area (Å²) in [7, 11) is 0. The molecular weight excluding hydrogens is 302 g/mol. The Morgan fingerprint density at radius 2 is 1.52 bits per heavy atom. The summed E-state index contributed by atoms with van der Waals surface area (Å²) in [6.45, 7) is 28.2. The van der Waals surface area contributed by atoms with E-state index in [9.17, 15) is 0 Å². The van der Waals surface area contributed by atoms with Crippen molar-refractivity contribution in [3.05, 3.63) is 108 Å². The fourth-order valence-electron chi connectivity index (χ4n) is 2.64. The van der Waals surface area contributed by atoms with Gasteiger partial charge in [0.05, 0.1) is 0 Å². The summed E-state index contributed by atoms with van der Waals surface area (Å²) in [4.78, 5) is 0. The second-order valence-corrected chi connectivity index (χ2v) is 6.14. The monoisotopic (exact) mass is 335 g/mol. The van der Waals surface area contributed by atoms with Gasteiger partial charge in [0.2, 0.25) is 0 Å². The average molecular weight is 336 g/mol. The van der Waals surface area contributed by atoms with E-state index in [4.69, 9.17) is 0 Å². The number of rotatable bonds is 9. The van der Waals surface area contributed by atoms with Gasteiger partial charge in [0.1, 0.15) is 0 Å². The molecule has 0 heterocycles. The van der Waals surface area contributed by atoms with E-state index < -0.39 is 0 Å². The lowest BCUT2D eigenvalue weighted by atomic mass is 9.93. The standard InChI is InChI=1S/C24H33N/c1-11-14-19(8)24(13-3)20(9)15-22(23(12-2)17(4)5)16-21(10)25-18(6)7/h11-16,25H,3-4,6,10H2,1-2,5,7-9H3/b14-11-,20-15+,22-16-,23-12-,24-19+. The summed E-state index contributed by atoms with van der Waals surface area (Å²) in [6.07, 6.45) is 12.3. The summed E-state index contributed by atoms with van der Waals surface area (Å²) in [5.74, 6) is 0. The van der Waals surface area contributed by atoms with E-state index in [-0.39, 0.29) is 0 Å². The van der Waals surface area contributed by atoms with Crippen molar-refractivity contribution in [1.29, 1.82) is 0 Å². The van der Waals surface area contributed by atoms with Gasteiger partial charge in [-0.2, -0.15) is 0 Å². The molecule has 0 rings (SSSR count). The van der Waals surface area contributed by atoms with Gasteiger partial charge in [0.25, 0.3) is 0 Å². The van der Waals surface area contributed by atoms with Crippen LogP contribution in [0.15, 0.2) is 108 Å². The van der Waals surface area contributed by atoms with Crippen LogP contribution in [0, 0.1) is 0 Å². The van der Waals surface area contributed by atoms with E-state index in [0.29, 0.717) is 0 Å². The maximum atomic E-state index is 4.10. The van der Waals surface area contributed by atoms with E-state index in [1.165, 1.54) is 5.57 Å². The summed E-state index contributed by atoms with van der Waals surface area (Å²) >= 11 is 0. The van der Waals surface area contributed by atoms with Crippen molar-refractivity contribution in [3.63, 3.8) is 0 Å². The number of hydrogen-bond acceptors (Lipinski definition) is 1. The predicted molar refractivity (Wildman–Crippen MR) is 115 cm³/mol. The zero-order valence-electron chi connectivity index (χ0n) is 16.8. The van der Waals surface area contributed by atoms with E-state index >= 15 is 0 Å². The molecule has 134 valence electrons. The highest BCUT2D eigenvalue weighted by atomic mass is 14.9. The fraction of sp³-hybridized carbons (Fsp3) is 0.250. The zero-order chi connectivity index (χ0) is 19.6. The van der Waals surface area contributed by atoms with E-state index in [2.05, 4.69) is 63.7 Å². The first kappa shape index (κ1) is 22.5. The van der Waals surface area contributed by atoms with Crippen LogP contribution in [0.2, 0.25) is 0 Å². The van der Waals surface area contributed by atoms with E-state index in [0.717, 1.165) is 39.3 Å². The highest BCUT2D eigenvalue weighted by molar-refractivity contribution is 5.56. The zero-order valence-corrected chi connectivity index (χ0v) is 16.8. The van der Waals surface area contributed by atoms with Gasteiger partial charge in [-0.3, -0.25) is 0 Å². The quantitative estimate of drug-likeness (QED) is 0.443. The van der Waals surface area contributed by atoms with Gasteiger partial charge >= 0.3 is 0 Å². The van der Waals surface area contributed by atoms with E-state index in [1.807, 2.05) is 45.9 Å². The summed E-state index contributed by atoms with van der Waals surface area (Å²) < 4.78 is 0. The molecule has 0 aliphatic carbocycles. The molecule has 0 spiro atoms. The maximum Gasteiger partial charge on any atom is 0.0314 e. The highest BCUT2D eigenvalue weighted by Gasteiger charge is 2.07. The van der Waals surface area contributed by atoms with Gasteiger partial charge in [0, 0.05) is 11.4 Å². The van der Waals surface area contributed by atoms with E-state index in [1.54, 1.807) is 0 Å². The molecule has 1 N–H and O–H groups in total. The molecule has 0 aromatic heterocycles. The van der Waals surface area contributed by atoms with Gasteiger partial charge in [-0.25, -0.2) is 0 Å². The second kappa shape index (κ2) is 11.1. The first-order valence-corrected chi connectivity index (χ1v) is 8.48. The number of allylic oxidation sites excluding steroid dienone is 13. The third kappa shape index (κ3) is 7.71.